The molecule has 3 aromatic carbocycles. The van der Waals surface area contributed by atoms with Gasteiger partial charge in [-0.2, -0.15) is 0 Å². The Balaban J connectivity index is 1.96. The molecular formula is C20H17N. The summed E-state index contributed by atoms with van der Waals surface area (Å²) in [7, 11) is 0. The molecule has 0 spiro atoms. The summed E-state index contributed by atoms with van der Waals surface area (Å²) in [5.74, 6) is 0. The lowest BCUT2D eigenvalue weighted by Gasteiger charge is -2.13. The summed E-state index contributed by atoms with van der Waals surface area (Å²) in [5.41, 5.74) is 3.53. The summed E-state index contributed by atoms with van der Waals surface area (Å²) >= 11 is 0. The van der Waals surface area contributed by atoms with Gasteiger partial charge in [0, 0.05) is 6.21 Å². The van der Waals surface area contributed by atoms with Gasteiger partial charge in [0.25, 0.3) is 0 Å². The Morgan fingerprint density at radius 2 is 1.00 bits per heavy atom. The molecular weight excluding hydrogens is 254 g/mol. The van der Waals surface area contributed by atoms with E-state index in [0.717, 1.165) is 5.56 Å². The quantitative estimate of drug-likeness (QED) is 0.599. The Morgan fingerprint density at radius 3 is 1.48 bits per heavy atom. The maximum atomic E-state index is 4.81. The van der Waals surface area contributed by atoms with Crippen LogP contribution in [0.25, 0.3) is 0 Å². The molecule has 0 aromatic heterocycles. The van der Waals surface area contributed by atoms with Crippen LogP contribution in [0.2, 0.25) is 0 Å². The summed E-state index contributed by atoms with van der Waals surface area (Å²) < 4.78 is 0. The van der Waals surface area contributed by atoms with Crippen molar-refractivity contribution in [3.8, 4) is 0 Å². The summed E-state index contributed by atoms with van der Waals surface area (Å²) in [4.78, 5) is 4.81. The molecule has 0 aliphatic heterocycles. The lowest BCUT2D eigenvalue weighted by Crippen LogP contribution is -1.98. The van der Waals surface area contributed by atoms with Gasteiger partial charge in [0.05, 0.1) is 6.04 Å². The molecule has 0 saturated heterocycles. The van der Waals surface area contributed by atoms with Gasteiger partial charge in [-0.25, -0.2) is 0 Å². The molecule has 0 saturated carbocycles. The molecule has 0 heterocycles. The Kier molecular flexibility index (Phi) is 4.23. The molecule has 0 aliphatic carbocycles. The molecule has 0 amide bonds. The zero-order valence-corrected chi connectivity index (χ0v) is 11.8. The summed E-state index contributed by atoms with van der Waals surface area (Å²) in [5, 5.41) is 0. The van der Waals surface area contributed by atoms with E-state index in [-0.39, 0.29) is 6.04 Å². The minimum atomic E-state index is 0.0348. The SMILES string of the molecule is C(=NC(c1ccccc1)c1ccccc1)c1ccccc1. The van der Waals surface area contributed by atoms with Crippen LogP contribution in [-0.2, 0) is 0 Å². The van der Waals surface area contributed by atoms with Crippen molar-refractivity contribution >= 4 is 6.21 Å². The van der Waals surface area contributed by atoms with Crippen molar-refractivity contribution in [1.29, 1.82) is 0 Å². The van der Waals surface area contributed by atoms with Crippen molar-refractivity contribution in [1.82, 2.24) is 0 Å². The van der Waals surface area contributed by atoms with E-state index in [0.29, 0.717) is 0 Å². The van der Waals surface area contributed by atoms with E-state index in [1.54, 1.807) is 0 Å². The first-order valence-corrected chi connectivity index (χ1v) is 7.11. The summed E-state index contributed by atoms with van der Waals surface area (Å²) in [6, 6.07) is 31.0. The maximum absolute atomic E-state index is 4.81. The van der Waals surface area contributed by atoms with Crippen LogP contribution in [-0.4, -0.2) is 6.21 Å². The van der Waals surface area contributed by atoms with E-state index in [4.69, 9.17) is 4.99 Å². The molecule has 0 fully saturated rings. The second-order valence-electron chi connectivity index (χ2n) is 4.91. The predicted molar refractivity (Wildman–Crippen MR) is 88.8 cm³/mol. The van der Waals surface area contributed by atoms with Crippen LogP contribution in [0, 0.1) is 0 Å². The lowest BCUT2D eigenvalue weighted by atomic mass is 9.99. The van der Waals surface area contributed by atoms with E-state index in [1.807, 2.05) is 36.5 Å². The number of rotatable bonds is 4. The van der Waals surface area contributed by atoms with Crippen LogP contribution in [0.15, 0.2) is 96.0 Å². The average molecular weight is 271 g/mol. The van der Waals surface area contributed by atoms with Crippen molar-refractivity contribution in [2.24, 2.45) is 4.99 Å². The zero-order chi connectivity index (χ0) is 14.3. The normalized spacial score (nSPS) is 11.1. The van der Waals surface area contributed by atoms with Crippen molar-refractivity contribution in [3.63, 3.8) is 0 Å². The molecule has 3 aromatic rings. The predicted octanol–water partition coefficient (Wildman–Crippen LogP) is 4.90. The van der Waals surface area contributed by atoms with E-state index in [1.165, 1.54) is 11.1 Å². The monoisotopic (exact) mass is 271 g/mol. The van der Waals surface area contributed by atoms with E-state index in [9.17, 15) is 0 Å². The minimum absolute atomic E-state index is 0.0348. The number of hydrogen-bond donors (Lipinski definition) is 0. The second-order valence-corrected chi connectivity index (χ2v) is 4.91. The third-order valence-electron chi connectivity index (χ3n) is 3.40. The smallest absolute Gasteiger partial charge is 0.0999 e. The fourth-order valence-corrected chi connectivity index (χ4v) is 2.33. The minimum Gasteiger partial charge on any atom is -0.280 e. The van der Waals surface area contributed by atoms with Crippen LogP contribution >= 0.6 is 0 Å². The lowest BCUT2D eigenvalue weighted by molar-refractivity contribution is 0.878. The first kappa shape index (κ1) is 13.3. The average Bonchev–Trinajstić information content (AvgIpc) is 2.58. The number of nitrogens with zero attached hydrogens (tertiary/aromatic N) is 1. The fraction of sp³-hybridized carbons (Fsp3) is 0.0500. The Bertz CT molecular complexity index is 648. The highest BCUT2D eigenvalue weighted by atomic mass is 14.8. The highest BCUT2D eigenvalue weighted by Gasteiger charge is 2.10. The van der Waals surface area contributed by atoms with Crippen LogP contribution in [0.4, 0.5) is 0 Å². The second kappa shape index (κ2) is 6.67. The third kappa shape index (κ3) is 3.46. The Hall–Kier alpha value is -2.67. The molecule has 0 N–H and O–H groups in total. The topological polar surface area (TPSA) is 12.4 Å². The van der Waals surface area contributed by atoms with Crippen molar-refractivity contribution in [2.45, 2.75) is 6.04 Å². The molecule has 0 unspecified atom stereocenters. The number of aliphatic imine (C=N–C) groups is 1. The highest BCUT2D eigenvalue weighted by molar-refractivity contribution is 5.79. The largest absolute Gasteiger partial charge is 0.280 e. The van der Waals surface area contributed by atoms with E-state index in [2.05, 4.69) is 60.7 Å². The van der Waals surface area contributed by atoms with Crippen molar-refractivity contribution < 1.29 is 0 Å². The Labute approximate surface area is 125 Å². The molecule has 1 nitrogen and oxygen atoms in total. The zero-order valence-electron chi connectivity index (χ0n) is 11.8. The van der Waals surface area contributed by atoms with Gasteiger partial charge < -0.3 is 0 Å². The van der Waals surface area contributed by atoms with Crippen LogP contribution in [0.3, 0.4) is 0 Å². The fourth-order valence-electron chi connectivity index (χ4n) is 2.33. The van der Waals surface area contributed by atoms with Gasteiger partial charge in [0.1, 0.15) is 0 Å². The molecule has 0 bridgehead atoms. The first-order chi connectivity index (χ1) is 10.4. The standard InChI is InChI=1S/C20H17N/c1-4-10-17(11-5-1)16-21-20(18-12-6-2-7-13-18)19-14-8-3-9-15-19/h1-16,20H. The summed E-state index contributed by atoms with van der Waals surface area (Å²) in [6.45, 7) is 0. The molecule has 0 radical (unpaired) electrons. The first-order valence-electron chi connectivity index (χ1n) is 7.11. The molecule has 102 valence electrons. The van der Waals surface area contributed by atoms with Crippen LogP contribution in [0.5, 0.6) is 0 Å². The van der Waals surface area contributed by atoms with Gasteiger partial charge in [-0.05, 0) is 16.7 Å². The molecule has 0 aliphatic rings. The molecule has 1 heteroatoms. The van der Waals surface area contributed by atoms with E-state index < -0.39 is 0 Å². The van der Waals surface area contributed by atoms with Crippen LogP contribution < -0.4 is 0 Å². The van der Waals surface area contributed by atoms with Crippen molar-refractivity contribution in [2.75, 3.05) is 0 Å². The number of benzene rings is 3. The number of hydrogen-bond acceptors (Lipinski definition) is 1. The molecule has 21 heavy (non-hydrogen) atoms. The third-order valence-corrected chi connectivity index (χ3v) is 3.40. The van der Waals surface area contributed by atoms with Crippen molar-refractivity contribution in [3.05, 3.63) is 108 Å². The maximum Gasteiger partial charge on any atom is 0.0999 e. The van der Waals surface area contributed by atoms with Gasteiger partial charge in [0.2, 0.25) is 0 Å². The summed E-state index contributed by atoms with van der Waals surface area (Å²) in [6.07, 6.45) is 1.95. The van der Waals surface area contributed by atoms with Gasteiger partial charge in [-0.15, -0.1) is 0 Å². The molecule has 0 atom stereocenters. The van der Waals surface area contributed by atoms with Gasteiger partial charge >= 0.3 is 0 Å². The highest BCUT2D eigenvalue weighted by Crippen LogP contribution is 2.25. The van der Waals surface area contributed by atoms with Crippen LogP contribution in [0.1, 0.15) is 22.7 Å². The molecule has 3 rings (SSSR count). The Morgan fingerprint density at radius 1 is 0.571 bits per heavy atom. The van der Waals surface area contributed by atoms with E-state index >= 15 is 0 Å². The van der Waals surface area contributed by atoms with Gasteiger partial charge in [0.15, 0.2) is 0 Å². The van der Waals surface area contributed by atoms with Gasteiger partial charge in [-0.3, -0.25) is 4.99 Å². The van der Waals surface area contributed by atoms with Gasteiger partial charge in [-0.1, -0.05) is 91.0 Å².